The average molecular weight is 308 g/mol. The Hall–Kier alpha value is -2.30. The summed E-state index contributed by atoms with van der Waals surface area (Å²) in [5, 5.41) is 0. The van der Waals surface area contributed by atoms with Crippen LogP contribution in [0.5, 0.6) is 5.75 Å². The molecule has 2 nitrogen and oxygen atoms in total. The van der Waals surface area contributed by atoms with Gasteiger partial charge >= 0.3 is 6.18 Å². The maximum Gasteiger partial charge on any atom is 0.420 e. The van der Waals surface area contributed by atoms with Crippen LogP contribution in [0.1, 0.15) is 34.0 Å². The number of rotatable bonds is 4. The smallest absolute Gasteiger partial charge is 0.420 e. The predicted molar refractivity (Wildman–Crippen MR) is 77.0 cm³/mol. The van der Waals surface area contributed by atoms with E-state index in [1.165, 1.54) is 26.0 Å². The number of Topliss-reactive ketones (excluding diaryl/α,β-unsaturated/α-hetero) is 1. The van der Waals surface area contributed by atoms with E-state index in [0.29, 0.717) is 0 Å². The molecule has 0 heterocycles. The first-order valence-electron chi connectivity index (χ1n) is 6.69. The van der Waals surface area contributed by atoms with Crippen LogP contribution in [0.4, 0.5) is 13.2 Å². The summed E-state index contributed by atoms with van der Waals surface area (Å²) >= 11 is 0. The monoisotopic (exact) mass is 308 g/mol. The zero-order valence-corrected chi connectivity index (χ0v) is 12.2. The average Bonchev–Trinajstić information content (AvgIpc) is 2.44. The largest absolute Gasteiger partial charge is 0.488 e. The van der Waals surface area contributed by atoms with Gasteiger partial charge in [-0.25, -0.2) is 0 Å². The molecule has 0 bridgehead atoms. The fourth-order valence-corrected chi connectivity index (χ4v) is 2.28. The lowest BCUT2D eigenvalue weighted by atomic mass is 9.98. The third kappa shape index (κ3) is 3.47. The first kappa shape index (κ1) is 16.1. The van der Waals surface area contributed by atoms with Gasteiger partial charge in [0, 0.05) is 5.56 Å². The van der Waals surface area contributed by atoms with E-state index in [9.17, 15) is 18.0 Å². The van der Waals surface area contributed by atoms with Crippen molar-refractivity contribution in [3.05, 3.63) is 64.7 Å². The van der Waals surface area contributed by atoms with E-state index in [1.807, 2.05) is 6.07 Å². The second-order valence-corrected chi connectivity index (χ2v) is 4.94. The summed E-state index contributed by atoms with van der Waals surface area (Å²) in [7, 11) is 0. The number of carbonyl (C=O) groups excluding carboxylic acids is 1. The van der Waals surface area contributed by atoms with Gasteiger partial charge in [-0.15, -0.1) is 0 Å². The number of ketones is 1. The van der Waals surface area contributed by atoms with Crippen molar-refractivity contribution in [2.24, 2.45) is 0 Å². The maximum absolute atomic E-state index is 13.3. The van der Waals surface area contributed by atoms with Gasteiger partial charge in [0.25, 0.3) is 0 Å². The molecule has 2 rings (SSSR count). The molecule has 0 N–H and O–H groups in total. The zero-order chi connectivity index (χ0) is 16.3. The van der Waals surface area contributed by atoms with Crippen molar-refractivity contribution >= 4 is 5.78 Å². The fourth-order valence-electron chi connectivity index (χ4n) is 2.28. The first-order chi connectivity index (χ1) is 10.3. The number of hydrogen-bond donors (Lipinski definition) is 0. The highest BCUT2D eigenvalue weighted by molar-refractivity contribution is 5.96. The molecule has 0 spiro atoms. The molecule has 0 radical (unpaired) electrons. The molecule has 0 aromatic heterocycles. The molecule has 22 heavy (non-hydrogen) atoms. The topological polar surface area (TPSA) is 26.3 Å². The minimum absolute atomic E-state index is 0.0305. The van der Waals surface area contributed by atoms with Gasteiger partial charge in [-0.05, 0) is 37.1 Å². The fraction of sp³-hybridized carbons (Fsp3) is 0.235. The summed E-state index contributed by atoms with van der Waals surface area (Å²) in [6, 6.07) is 11.5. The molecule has 116 valence electrons. The Labute approximate surface area is 126 Å². The minimum atomic E-state index is -4.58. The van der Waals surface area contributed by atoms with E-state index >= 15 is 0 Å². The maximum atomic E-state index is 13.3. The van der Waals surface area contributed by atoms with Gasteiger partial charge in [0.15, 0.2) is 5.78 Å². The highest BCUT2D eigenvalue weighted by atomic mass is 19.4. The molecule has 2 aromatic carbocycles. The Morgan fingerprint density at radius 2 is 1.73 bits per heavy atom. The Morgan fingerprint density at radius 3 is 2.27 bits per heavy atom. The second kappa shape index (κ2) is 6.22. The molecule has 0 aliphatic carbocycles. The van der Waals surface area contributed by atoms with Gasteiger partial charge in [-0.1, -0.05) is 30.3 Å². The Balaban J connectivity index is 2.39. The molecule has 5 heteroatoms. The van der Waals surface area contributed by atoms with E-state index in [2.05, 4.69) is 0 Å². The number of hydrogen-bond acceptors (Lipinski definition) is 2. The second-order valence-electron chi connectivity index (χ2n) is 4.94. The van der Waals surface area contributed by atoms with Crippen molar-refractivity contribution in [1.29, 1.82) is 0 Å². The molecule has 0 aliphatic heterocycles. The SMILES string of the molecule is CC(=O)c1ccc(OCc2ccccc2)c(C(F)(F)F)c1C. The van der Waals surface area contributed by atoms with Gasteiger partial charge in [-0.3, -0.25) is 4.79 Å². The van der Waals surface area contributed by atoms with Crippen LogP contribution in [-0.4, -0.2) is 5.78 Å². The van der Waals surface area contributed by atoms with E-state index in [0.717, 1.165) is 5.56 Å². The number of ether oxygens (including phenoxy) is 1. The van der Waals surface area contributed by atoms with E-state index in [-0.39, 0.29) is 23.5 Å². The summed E-state index contributed by atoms with van der Waals surface area (Å²) in [5.41, 5.74) is -0.176. The van der Waals surface area contributed by atoms with Gasteiger partial charge in [-0.2, -0.15) is 13.2 Å². The first-order valence-corrected chi connectivity index (χ1v) is 6.69. The molecule has 0 atom stereocenters. The van der Waals surface area contributed by atoms with Gasteiger partial charge in [0.2, 0.25) is 0 Å². The number of alkyl halides is 3. The van der Waals surface area contributed by atoms with E-state index in [4.69, 9.17) is 4.74 Å². The third-order valence-electron chi connectivity index (χ3n) is 3.33. The van der Waals surface area contributed by atoms with Crippen LogP contribution in [0.25, 0.3) is 0 Å². The summed E-state index contributed by atoms with van der Waals surface area (Å²) < 4.78 is 45.2. The predicted octanol–water partition coefficient (Wildman–Crippen LogP) is 4.80. The minimum Gasteiger partial charge on any atom is -0.488 e. The van der Waals surface area contributed by atoms with Crippen molar-refractivity contribution in [2.75, 3.05) is 0 Å². The van der Waals surface area contributed by atoms with Crippen molar-refractivity contribution < 1.29 is 22.7 Å². The summed E-state index contributed by atoms with van der Waals surface area (Å²) in [5.74, 6) is -0.670. The molecule has 0 saturated carbocycles. The number of halogens is 3. The van der Waals surface area contributed by atoms with Crippen LogP contribution in [-0.2, 0) is 12.8 Å². The Morgan fingerprint density at radius 1 is 1.09 bits per heavy atom. The van der Waals surface area contributed by atoms with Crippen molar-refractivity contribution in [2.45, 2.75) is 26.6 Å². The summed E-state index contributed by atoms with van der Waals surface area (Å²) in [6.45, 7) is 2.56. The van der Waals surface area contributed by atoms with Crippen LogP contribution >= 0.6 is 0 Å². The molecule has 2 aromatic rings. The van der Waals surface area contributed by atoms with Crippen molar-refractivity contribution in [3.8, 4) is 5.75 Å². The summed E-state index contributed by atoms with van der Waals surface area (Å²) in [6.07, 6.45) is -4.58. The third-order valence-corrected chi connectivity index (χ3v) is 3.33. The van der Waals surface area contributed by atoms with Crippen LogP contribution < -0.4 is 4.74 Å². The number of benzene rings is 2. The molecule has 0 saturated heterocycles. The number of carbonyl (C=O) groups is 1. The lowest BCUT2D eigenvalue weighted by Gasteiger charge is -2.18. The molecular formula is C17H15F3O2. The lowest BCUT2D eigenvalue weighted by molar-refractivity contribution is -0.139. The molecule has 0 amide bonds. The standard InChI is InChI=1S/C17H15F3O2/c1-11-14(12(2)21)8-9-15(16(11)17(18,19)20)22-10-13-6-4-3-5-7-13/h3-9H,10H2,1-2H3. The lowest BCUT2D eigenvalue weighted by Crippen LogP contribution is -2.13. The van der Waals surface area contributed by atoms with E-state index < -0.39 is 17.5 Å². The highest BCUT2D eigenvalue weighted by Gasteiger charge is 2.37. The molecule has 0 fully saturated rings. The van der Waals surface area contributed by atoms with Crippen molar-refractivity contribution in [1.82, 2.24) is 0 Å². The highest BCUT2D eigenvalue weighted by Crippen LogP contribution is 2.40. The Bertz CT molecular complexity index is 676. The van der Waals surface area contributed by atoms with Crippen LogP contribution in [0.15, 0.2) is 42.5 Å². The van der Waals surface area contributed by atoms with Crippen LogP contribution in [0, 0.1) is 6.92 Å². The quantitative estimate of drug-likeness (QED) is 0.759. The van der Waals surface area contributed by atoms with Gasteiger partial charge in [0.1, 0.15) is 17.9 Å². The molecule has 0 unspecified atom stereocenters. The van der Waals surface area contributed by atoms with Gasteiger partial charge < -0.3 is 4.74 Å². The Kier molecular flexibility index (Phi) is 4.54. The molecule has 0 aliphatic rings. The molecular weight excluding hydrogens is 293 g/mol. The van der Waals surface area contributed by atoms with Gasteiger partial charge in [0.05, 0.1) is 0 Å². The van der Waals surface area contributed by atoms with Crippen LogP contribution in [0.3, 0.4) is 0 Å². The summed E-state index contributed by atoms with van der Waals surface area (Å²) in [4.78, 5) is 11.4. The van der Waals surface area contributed by atoms with Crippen molar-refractivity contribution in [3.63, 3.8) is 0 Å². The van der Waals surface area contributed by atoms with E-state index in [1.54, 1.807) is 24.3 Å². The van der Waals surface area contributed by atoms with Crippen LogP contribution in [0.2, 0.25) is 0 Å². The normalized spacial score (nSPS) is 11.3. The zero-order valence-electron chi connectivity index (χ0n) is 12.2.